The summed E-state index contributed by atoms with van der Waals surface area (Å²) in [6.45, 7) is 0. The van der Waals surface area contributed by atoms with E-state index < -0.39 is 0 Å². The highest BCUT2D eigenvalue weighted by Crippen LogP contribution is 2.46. The normalized spacial score (nSPS) is 11.8. The fraction of sp³-hybridized carbons (Fsp3) is 0. The molecule has 4 aromatic heterocycles. The number of rotatable bonds is 4. The van der Waals surface area contributed by atoms with Gasteiger partial charge in [-0.15, -0.1) is 11.3 Å². The van der Waals surface area contributed by atoms with Crippen molar-refractivity contribution in [1.82, 2.24) is 15.0 Å². The van der Waals surface area contributed by atoms with Crippen molar-refractivity contribution in [3.8, 4) is 44.9 Å². The second-order valence-corrected chi connectivity index (χ2v) is 14.6. The lowest BCUT2D eigenvalue weighted by Gasteiger charge is -2.11. The van der Waals surface area contributed by atoms with E-state index in [-0.39, 0.29) is 0 Å². The van der Waals surface area contributed by atoms with Crippen LogP contribution in [0.5, 0.6) is 0 Å². The topological polar surface area (TPSA) is 38.7 Å². The lowest BCUT2D eigenvalue weighted by atomic mass is 9.97. The van der Waals surface area contributed by atoms with Gasteiger partial charge in [0.15, 0.2) is 0 Å². The van der Waals surface area contributed by atoms with Crippen molar-refractivity contribution in [1.29, 1.82) is 0 Å². The van der Waals surface area contributed by atoms with Crippen LogP contribution in [0.25, 0.3) is 109 Å². The van der Waals surface area contributed by atoms with Crippen LogP contribution in [0.4, 0.5) is 0 Å². The van der Waals surface area contributed by atoms with Crippen molar-refractivity contribution in [3.63, 3.8) is 0 Å². The van der Waals surface area contributed by atoms with Gasteiger partial charge in [0.05, 0.1) is 33.6 Å². The fourth-order valence-corrected chi connectivity index (χ4v) is 9.25. The zero-order valence-corrected chi connectivity index (χ0v) is 29.3. The lowest BCUT2D eigenvalue weighted by Crippen LogP contribution is -1.91. The van der Waals surface area contributed by atoms with Gasteiger partial charge >= 0.3 is 0 Å². The van der Waals surface area contributed by atoms with Crippen LogP contribution in [0.2, 0.25) is 0 Å². The summed E-state index contributed by atoms with van der Waals surface area (Å²) in [5, 5.41) is 8.37. The minimum absolute atomic E-state index is 0.919. The molecular weight excluding hydrogens is 663 g/mol. The van der Waals surface area contributed by atoms with Crippen molar-refractivity contribution >= 4 is 75.0 Å². The Kier molecular flexibility index (Phi) is 6.73. The lowest BCUT2D eigenvalue weighted by molar-refractivity contribution is 1.36. The van der Waals surface area contributed by atoms with Gasteiger partial charge in [-0.2, -0.15) is 0 Å². The van der Waals surface area contributed by atoms with Crippen LogP contribution >= 0.6 is 11.3 Å². The van der Waals surface area contributed by atoms with E-state index in [0.717, 1.165) is 61.1 Å². The Labute approximate surface area is 309 Å². The first kappa shape index (κ1) is 29.9. The molecule has 11 rings (SSSR count). The van der Waals surface area contributed by atoms with E-state index in [1.165, 1.54) is 47.5 Å². The zero-order chi connectivity index (χ0) is 34.9. The van der Waals surface area contributed by atoms with Gasteiger partial charge in [0.25, 0.3) is 0 Å². The first-order valence-corrected chi connectivity index (χ1v) is 18.7. The Balaban J connectivity index is 1.04. The number of hydrogen-bond donors (Lipinski definition) is 0. The van der Waals surface area contributed by atoms with Gasteiger partial charge in [0.1, 0.15) is 0 Å². The molecule has 0 saturated heterocycles. The Morgan fingerprint density at radius 2 is 0.887 bits per heavy atom. The van der Waals surface area contributed by atoms with E-state index in [0.29, 0.717) is 0 Å². The first-order valence-electron chi connectivity index (χ1n) is 17.9. The molecule has 11 aromatic rings. The van der Waals surface area contributed by atoms with Crippen molar-refractivity contribution in [2.24, 2.45) is 0 Å². The number of benzene rings is 7. The highest BCUT2D eigenvalue weighted by molar-refractivity contribution is 7.27. The summed E-state index contributed by atoms with van der Waals surface area (Å²) < 4.78 is 2.59. The molecule has 0 saturated carbocycles. The van der Waals surface area contributed by atoms with E-state index in [9.17, 15) is 0 Å². The maximum atomic E-state index is 5.21. The number of para-hydroxylation sites is 1. The van der Waals surface area contributed by atoms with Crippen LogP contribution in [-0.2, 0) is 0 Å². The Morgan fingerprint density at radius 3 is 1.60 bits per heavy atom. The monoisotopic (exact) mass is 691 g/mol. The number of hydrogen-bond acceptors (Lipinski definition) is 4. The molecule has 0 spiro atoms. The van der Waals surface area contributed by atoms with Crippen LogP contribution < -0.4 is 0 Å². The molecule has 3 nitrogen and oxygen atoms in total. The van der Waals surface area contributed by atoms with Crippen LogP contribution in [0.1, 0.15) is 0 Å². The molecule has 4 heteroatoms. The quantitative estimate of drug-likeness (QED) is 0.172. The molecule has 0 aliphatic heterocycles. The van der Waals surface area contributed by atoms with Crippen molar-refractivity contribution in [3.05, 3.63) is 176 Å². The van der Waals surface area contributed by atoms with Crippen LogP contribution in [0.15, 0.2) is 176 Å². The van der Waals surface area contributed by atoms with E-state index in [1.807, 2.05) is 17.4 Å². The molecule has 0 unspecified atom stereocenters. The molecule has 0 radical (unpaired) electrons. The maximum absolute atomic E-state index is 5.21. The van der Waals surface area contributed by atoms with Gasteiger partial charge in [-0.3, -0.25) is 0 Å². The van der Waals surface area contributed by atoms with E-state index >= 15 is 0 Å². The highest BCUT2D eigenvalue weighted by Gasteiger charge is 2.18. The first-order chi connectivity index (χ1) is 26.3. The largest absolute Gasteiger partial charge is 0.247 e. The molecule has 0 aliphatic carbocycles. The number of thiophene rings is 1. The van der Waals surface area contributed by atoms with E-state index in [1.54, 1.807) is 0 Å². The summed E-state index contributed by atoms with van der Waals surface area (Å²) in [5.41, 5.74) is 11.5. The number of pyridine rings is 3. The molecule has 0 atom stereocenters. The zero-order valence-electron chi connectivity index (χ0n) is 28.5. The Bertz CT molecular complexity index is 3200. The predicted molar refractivity (Wildman–Crippen MR) is 224 cm³/mol. The Morgan fingerprint density at radius 1 is 0.340 bits per heavy atom. The molecule has 0 amide bonds. The van der Waals surface area contributed by atoms with E-state index in [4.69, 9.17) is 15.0 Å². The third-order valence-corrected chi connectivity index (χ3v) is 11.7. The van der Waals surface area contributed by atoms with Gasteiger partial charge in [-0.25, -0.2) is 15.0 Å². The molecule has 0 bridgehead atoms. The third-order valence-electron chi connectivity index (χ3n) is 10.5. The molecule has 0 N–H and O–H groups in total. The molecule has 7 aromatic carbocycles. The smallest absolute Gasteiger partial charge is 0.0972 e. The summed E-state index contributed by atoms with van der Waals surface area (Å²) >= 11 is 1.89. The number of aromatic nitrogens is 3. The van der Waals surface area contributed by atoms with Crippen molar-refractivity contribution in [2.75, 3.05) is 0 Å². The van der Waals surface area contributed by atoms with E-state index in [2.05, 4.69) is 170 Å². The van der Waals surface area contributed by atoms with Gasteiger partial charge in [0.2, 0.25) is 0 Å². The SMILES string of the molecule is c1ccc(-c2ccc3ccc4ccc(-c5ccc(-c6cccc7c6sc6c7ccc7c(-c8ccccc8)nc8ccccc8c76)cc5)nc4c3n2)cc1. The second kappa shape index (κ2) is 11.9. The average Bonchev–Trinajstić information content (AvgIpc) is 3.63. The Hall–Kier alpha value is -6.75. The maximum Gasteiger partial charge on any atom is 0.0972 e. The minimum atomic E-state index is 0.919. The molecule has 0 fully saturated rings. The van der Waals surface area contributed by atoms with Crippen LogP contribution in [-0.4, -0.2) is 15.0 Å². The summed E-state index contributed by atoms with van der Waals surface area (Å²) in [5.74, 6) is 0. The van der Waals surface area contributed by atoms with Gasteiger partial charge in [0, 0.05) is 63.8 Å². The van der Waals surface area contributed by atoms with Crippen LogP contribution in [0.3, 0.4) is 0 Å². The molecular formula is C49H29N3S. The molecule has 53 heavy (non-hydrogen) atoms. The standard InChI is InChI=1S/C49H29N3S/c1-3-10-31(11-4-1)41-28-24-34-22-23-35-25-29-42(51-47(35)46(34)50-41)32-20-18-30(19-21-32)36-15-9-16-37-38-26-27-40-44(49(38)53-48(36)37)39-14-7-8-17-43(39)52-45(40)33-12-5-2-6-13-33/h1-29H. The van der Waals surface area contributed by atoms with Gasteiger partial charge in [-0.05, 0) is 29.3 Å². The number of nitrogens with zero attached hydrogens (tertiary/aromatic N) is 3. The third kappa shape index (κ3) is 4.84. The van der Waals surface area contributed by atoms with Crippen molar-refractivity contribution < 1.29 is 0 Å². The van der Waals surface area contributed by atoms with Crippen molar-refractivity contribution in [2.45, 2.75) is 0 Å². The van der Waals surface area contributed by atoms with Gasteiger partial charge < -0.3 is 0 Å². The molecule has 0 aliphatic rings. The van der Waals surface area contributed by atoms with Gasteiger partial charge in [-0.1, -0.05) is 158 Å². The average molecular weight is 692 g/mol. The summed E-state index contributed by atoms with van der Waals surface area (Å²) in [7, 11) is 0. The number of fused-ring (bicyclic) bond motifs is 10. The highest BCUT2D eigenvalue weighted by atomic mass is 32.1. The molecule has 246 valence electrons. The second-order valence-electron chi connectivity index (χ2n) is 13.5. The molecule has 4 heterocycles. The summed E-state index contributed by atoms with van der Waals surface area (Å²) in [6, 6.07) is 62.3. The fourth-order valence-electron chi connectivity index (χ4n) is 7.85. The summed E-state index contributed by atoms with van der Waals surface area (Å²) in [6.07, 6.45) is 0. The summed E-state index contributed by atoms with van der Waals surface area (Å²) in [4.78, 5) is 15.5. The van der Waals surface area contributed by atoms with Crippen LogP contribution in [0, 0.1) is 0 Å². The predicted octanol–water partition coefficient (Wildman–Crippen LogP) is 13.5. The minimum Gasteiger partial charge on any atom is -0.247 e.